The van der Waals surface area contributed by atoms with E-state index < -0.39 is 0 Å². The van der Waals surface area contributed by atoms with Crippen LogP contribution in [-0.4, -0.2) is 21.3 Å². The van der Waals surface area contributed by atoms with E-state index in [4.69, 9.17) is 11.6 Å². The fourth-order valence-electron chi connectivity index (χ4n) is 2.81. The first-order valence-electron chi connectivity index (χ1n) is 7.77. The molecule has 0 saturated carbocycles. The van der Waals surface area contributed by atoms with Crippen LogP contribution in [-0.2, 0) is 0 Å². The third-order valence-electron chi connectivity index (χ3n) is 3.89. The minimum absolute atomic E-state index is 0.0622. The average Bonchev–Trinajstić information content (AvgIpc) is 2.93. The SMILES string of the molecule is CC(C)c1nn2c(Cl)ccc2c(-c2ccc(F)cc2)c1C=CCO. The summed E-state index contributed by atoms with van der Waals surface area (Å²) in [7, 11) is 0. The van der Waals surface area contributed by atoms with Crippen molar-refractivity contribution in [3.05, 3.63) is 64.7 Å². The lowest BCUT2D eigenvalue weighted by atomic mass is 9.94. The normalized spacial score (nSPS) is 11.9. The van der Waals surface area contributed by atoms with E-state index in [9.17, 15) is 9.50 Å². The number of halogens is 2. The van der Waals surface area contributed by atoms with Crippen LogP contribution in [0.25, 0.3) is 22.7 Å². The Labute approximate surface area is 145 Å². The van der Waals surface area contributed by atoms with Gasteiger partial charge in [0.15, 0.2) is 0 Å². The summed E-state index contributed by atoms with van der Waals surface area (Å²) in [4.78, 5) is 0. The summed E-state index contributed by atoms with van der Waals surface area (Å²) in [6.45, 7) is 4.04. The largest absolute Gasteiger partial charge is 0.392 e. The molecule has 3 rings (SSSR count). The van der Waals surface area contributed by atoms with E-state index in [1.165, 1.54) is 12.1 Å². The Morgan fingerprint density at radius 3 is 2.54 bits per heavy atom. The standard InChI is InChI=1S/C19H18ClFN2O/c1-12(2)19-15(4-3-11-24)18(13-5-7-14(21)8-6-13)16-9-10-17(20)23(16)22-19/h3-10,12,24H,11H2,1-2H3. The van der Waals surface area contributed by atoms with Gasteiger partial charge in [-0.1, -0.05) is 49.7 Å². The molecular formula is C19H18ClFN2O. The molecule has 5 heteroatoms. The maximum atomic E-state index is 13.3. The van der Waals surface area contributed by atoms with Crippen molar-refractivity contribution in [2.45, 2.75) is 19.8 Å². The fraction of sp³-hybridized carbons (Fsp3) is 0.211. The molecule has 2 aromatic heterocycles. The van der Waals surface area contributed by atoms with E-state index in [0.717, 1.165) is 27.9 Å². The molecule has 0 spiro atoms. The van der Waals surface area contributed by atoms with Gasteiger partial charge in [-0.25, -0.2) is 8.91 Å². The summed E-state index contributed by atoms with van der Waals surface area (Å²) in [6.07, 6.45) is 3.54. The highest BCUT2D eigenvalue weighted by molar-refractivity contribution is 6.30. The van der Waals surface area contributed by atoms with E-state index in [0.29, 0.717) is 5.15 Å². The first kappa shape index (κ1) is 16.7. The topological polar surface area (TPSA) is 37.5 Å². The summed E-state index contributed by atoms with van der Waals surface area (Å²) < 4.78 is 15.0. The van der Waals surface area contributed by atoms with Crippen LogP contribution in [0.1, 0.15) is 31.0 Å². The number of hydrogen-bond acceptors (Lipinski definition) is 2. The van der Waals surface area contributed by atoms with E-state index in [1.54, 1.807) is 28.8 Å². The van der Waals surface area contributed by atoms with Crippen LogP contribution in [0.2, 0.25) is 5.15 Å². The van der Waals surface area contributed by atoms with Crippen molar-refractivity contribution < 1.29 is 9.50 Å². The van der Waals surface area contributed by atoms with Crippen molar-refractivity contribution in [3.63, 3.8) is 0 Å². The van der Waals surface area contributed by atoms with Crippen LogP contribution in [0, 0.1) is 5.82 Å². The zero-order valence-corrected chi connectivity index (χ0v) is 14.3. The number of benzene rings is 1. The van der Waals surface area contributed by atoms with Crippen molar-refractivity contribution >= 4 is 23.2 Å². The number of hydrogen-bond donors (Lipinski definition) is 1. The lowest BCUT2D eigenvalue weighted by Crippen LogP contribution is -2.06. The molecule has 124 valence electrons. The van der Waals surface area contributed by atoms with Crippen LogP contribution in [0.3, 0.4) is 0 Å². The summed E-state index contributed by atoms with van der Waals surface area (Å²) in [6, 6.07) is 10.0. The summed E-state index contributed by atoms with van der Waals surface area (Å²) in [5, 5.41) is 14.4. The van der Waals surface area contributed by atoms with Gasteiger partial charge >= 0.3 is 0 Å². The van der Waals surface area contributed by atoms with Crippen molar-refractivity contribution in [2.75, 3.05) is 6.61 Å². The Morgan fingerprint density at radius 1 is 1.21 bits per heavy atom. The Morgan fingerprint density at radius 2 is 1.92 bits per heavy atom. The van der Waals surface area contributed by atoms with Gasteiger partial charge in [-0.2, -0.15) is 5.10 Å². The highest BCUT2D eigenvalue weighted by Gasteiger charge is 2.18. The first-order valence-corrected chi connectivity index (χ1v) is 8.15. The van der Waals surface area contributed by atoms with Gasteiger partial charge in [0.05, 0.1) is 17.8 Å². The lowest BCUT2D eigenvalue weighted by Gasteiger charge is -2.16. The number of aromatic nitrogens is 2. The highest BCUT2D eigenvalue weighted by atomic mass is 35.5. The molecule has 0 unspecified atom stereocenters. The summed E-state index contributed by atoms with van der Waals surface area (Å²) in [5.41, 5.74) is 4.41. The Bertz CT molecular complexity index is 898. The smallest absolute Gasteiger partial charge is 0.131 e. The van der Waals surface area contributed by atoms with Crippen LogP contribution < -0.4 is 0 Å². The third-order valence-corrected chi connectivity index (χ3v) is 4.17. The van der Waals surface area contributed by atoms with Gasteiger partial charge < -0.3 is 5.11 Å². The molecule has 0 amide bonds. The zero-order chi connectivity index (χ0) is 17.3. The molecule has 0 aliphatic heterocycles. The lowest BCUT2D eigenvalue weighted by molar-refractivity contribution is 0.343. The molecule has 0 aliphatic carbocycles. The Hall–Kier alpha value is -2.17. The quantitative estimate of drug-likeness (QED) is 0.729. The van der Waals surface area contributed by atoms with Gasteiger partial charge in [-0.3, -0.25) is 0 Å². The Kier molecular flexibility index (Phi) is 4.69. The third kappa shape index (κ3) is 2.95. The van der Waals surface area contributed by atoms with E-state index in [2.05, 4.69) is 18.9 Å². The van der Waals surface area contributed by atoms with Gasteiger partial charge in [0.1, 0.15) is 11.0 Å². The maximum Gasteiger partial charge on any atom is 0.131 e. The molecule has 1 aromatic carbocycles. The summed E-state index contributed by atoms with van der Waals surface area (Å²) in [5.74, 6) is -0.126. The summed E-state index contributed by atoms with van der Waals surface area (Å²) >= 11 is 6.27. The van der Waals surface area contributed by atoms with Crippen molar-refractivity contribution in [3.8, 4) is 11.1 Å². The molecule has 0 bridgehead atoms. The van der Waals surface area contributed by atoms with Gasteiger partial charge in [-0.15, -0.1) is 0 Å². The number of fused-ring (bicyclic) bond motifs is 1. The fourth-order valence-corrected chi connectivity index (χ4v) is 3.00. The second-order valence-electron chi connectivity index (χ2n) is 5.87. The predicted molar refractivity (Wildman–Crippen MR) is 95.8 cm³/mol. The Balaban J connectivity index is 2.41. The molecular weight excluding hydrogens is 327 g/mol. The maximum absolute atomic E-state index is 13.3. The highest BCUT2D eigenvalue weighted by Crippen LogP contribution is 2.35. The number of nitrogens with zero attached hydrogens (tertiary/aromatic N) is 2. The van der Waals surface area contributed by atoms with Gasteiger partial charge in [0, 0.05) is 11.1 Å². The van der Waals surface area contributed by atoms with Crippen LogP contribution in [0.5, 0.6) is 0 Å². The monoisotopic (exact) mass is 344 g/mol. The molecule has 24 heavy (non-hydrogen) atoms. The molecule has 1 N–H and O–H groups in total. The van der Waals surface area contributed by atoms with Crippen molar-refractivity contribution in [1.29, 1.82) is 0 Å². The minimum atomic E-state index is -0.284. The first-order chi connectivity index (χ1) is 11.5. The molecule has 0 fully saturated rings. The van der Waals surface area contributed by atoms with Crippen molar-refractivity contribution in [1.82, 2.24) is 9.61 Å². The number of rotatable bonds is 4. The number of aliphatic hydroxyl groups excluding tert-OH is 1. The van der Waals surface area contributed by atoms with Crippen LogP contribution in [0.4, 0.5) is 4.39 Å². The van der Waals surface area contributed by atoms with Gasteiger partial charge in [-0.05, 0) is 35.7 Å². The molecule has 3 nitrogen and oxygen atoms in total. The van der Waals surface area contributed by atoms with Gasteiger partial charge in [0.25, 0.3) is 0 Å². The molecule has 3 aromatic rings. The van der Waals surface area contributed by atoms with E-state index in [-0.39, 0.29) is 18.3 Å². The second-order valence-corrected chi connectivity index (χ2v) is 6.26. The van der Waals surface area contributed by atoms with Crippen LogP contribution >= 0.6 is 11.6 Å². The molecule has 0 saturated heterocycles. The predicted octanol–water partition coefficient (Wildman–Crippen LogP) is 4.92. The van der Waals surface area contributed by atoms with Crippen LogP contribution in [0.15, 0.2) is 42.5 Å². The molecule has 0 atom stereocenters. The van der Waals surface area contributed by atoms with E-state index in [1.807, 2.05) is 12.1 Å². The number of aliphatic hydroxyl groups is 1. The minimum Gasteiger partial charge on any atom is -0.392 e. The molecule has 0 radical (unpaired) electrons. The van der Waals surface area contributed by atoms with Crippen molar-refractivity contribution in [2.24, 2.45) is 0 Å². The second kappa shape index (κ2) is 6.75. The zero-order valence-electron chi connectivity index (χ0n) is 13.5. The van der Waals surface area contributed by atoms with E-state index >= 15 is 0 Å². The average molecular weight is 345 g/mol. The molecule has 0 aliphatic rings. The molecule has 2 heterocycles. The van der Waals surface area contributed by atoms with Gasteiger partial charge in [0.2, 0.25) is 0 Å².